The lowest BCUT2D eigenvalue weighted by molar-refractivity contribution is 0.203. The molecule has 0 aromatic heterocycles. The van der Waals surface area contributed by atoms with Crippen LogP contribution in [0.5, 0.6) is 5.75 Å². The summed E-state index contributed by atoms with van der Waals surface area (Å²) in [6.45, 7) is 4.17. The molecule has 0 saturated carbocycles. The average Bonchev–Trinajstić information content (AvgIpc) is 2.47. The van der Waals surface area contributed by atoms with E-state index in [9.17, 15) is 0 Å². The van der Waals surface area contributed by atoms with Crippen LogP contribution in [0.4, 0.5) is 0 Å². The van der Waals surface area contributed by atoms with Gasteiger partial charge in [0, 0.05) is 23.0 Å². The van der Waals surface area contributed by atoms with Gasteiger partial charge in [0.15, 0.2) is 0 Å². The third-order valence-corrected chi connectivity index (χ3v) is 5.06. The highest BCUT2D eigenvalue weighted by Gasteiger charge is 2.25. The van der Waals surface area contributed by atoms with Gasteiger partial charge >= 0.3 is 0 Å². The first-order valence-corrected chi connectivity index (χ1v) is 8.42. The summed E-state index contributed by atoms with van der Waals surface area (Å²) < 4.78 is 5.71. The van der Waals surface area contributed by atoms with E-state index < -0.39 is 0 Å². The van der Waals surface area contributed by atoms with E-state index in [4.69, 9.17) is 27.9 Å². The van der Waals surface area contributed by atoms with Crippen molar-refractivity contribution in [2.24, 2.45) is 5.92 Å². The number of hydrogen-bond acceptors (Lipinski definition) is 3. The minimum absolute atomic E-state index is 0.296. The van der Waals surface area contributed by atoms with Crippen molar-refractivity contribution in [2.45, 2.75) is 25.3 Å². The van der Waals surface area contributed by atoms with Gasteiger partial charge in [-0.15, -0.1) is 0 Å². The molecule has 2 aliphatic rings. The molecule has 0 radical (unpaired) electrons. The van der Waals surface area contributed by atoms with Crippen molar-refractivity contribution >= 4 is 23.2 Å². The SMILES string of the molecule is CN1CCC(CNC2CCOc3c(Cl)cc(Cl)cc32)CC1. The van der Waals surface area contributed by atoms with Gasteiger partial charge in [0.1, 0.15) is 5.75 Å². The zero-order valence-corrected chi connectivity index (χ0v) is 13.9. The molecule has 2 heterocycles. The largest absolute Gasteiger partial charge is 0.492 e. The molecule has 0 aliphatic carbocycles. The Hall–Kier alpha value is -0.480. The number of rotatable bonds is 3. The van der Waals surface area contributed by atoms with Crippen molar-refractivity contribution in [2.75, 3.05) is 33.3 Å². The Morgan fingerprint density at radius 2 is 2.00 bits per heavy atom. The van der Waals surface area contributed by atoms with Gasteiger partial charge in [0.25, 0.3) is 0 Å². The van der Waals surface area contributed by atoms with E-state index in [-0.39, 0.29) is 0 Å². The van der Waals surface area contributed by atoms with E-state index >= 15 is 0 Å². The quantitative estimate of drug-likeness (QED) is 0.914. The number of nitrogens with zero attached hydrogens (tertiary/aromatic N) is 1. The summed E-state index contributed by atoms with van der Waals surface area (Å²) in [6.07, 6.45) is 3.52. The molecule has 1 fully saturated rings. The zero-order valence-electron chi connectivity index (χ0n) is 12.4. The summed E-state index contributed by atoms with van der Waals surface area (Å²) in [7, 11) is 2.20. The molecule has 3 nitrogen and oxygen atoms in total. The van der Waals surface area contributed by atoms with Gasteiger partial charge in [-0.25, -0.2) is 0 Å². The molecule has 3 rings (SSSR count). The Bertz CT molecular complexity index is 501. The van der Waals surface area contributed by atoms with Crippen LogP contribution in [0.15, 0.2) is 12.1 Å². The fourth-order valence-electron chi connectivity index (χ4n) is 3.21. The van der Waals surface area contributed by atoms with Crippen molar-refractivity contribution < 1.29 is 4.74 Å². The Balaban J connectivity index is 1.65. The van der Waals surface area contributed by atoms with Crippen LogP contribution in [0.2, 0.25) is 10.0 Å². The van der Waals surface area contributed by atoms with Crippen LogP contribution < -0.4 is 10.1 Å². The van der Waals surface area contributed by atoms with E-state index in [1.807, 2.05) is 6.07 Å². The summed E-state index contributed by atoms with van der Waals surface area (Å²) >= 11 is 12.4. The molecule has 1 saturated heterocycles. The molecule has 0 bridgehead atoms. The smallest absolute Gasteiger partial charge is 0.142 e. The number of hydrogen-bond donors (Lipinski definition) is 1. The lowest BCUT2D eigenvalue weighted by Gasteiger charge is -2.32. The molecule has 1 N–H and O–H groups in total. The van der Waals surface area contributed by atoms with E-state index in [1.165, 1.54) is 25.9 Å². The minimum atomic E-state index is 0.296. The number of benzene rings is 1. The summed E-state index contributed by atoms with van der Waals surface area (Å²) in [5.74, 6) is 1.57. The number of halogens is 2. The second-order valence-electron chi connectivity index (χ2n) is 6.15. The predicted molar refractivity (Wildman–Crippen MR) is 87.5 cm³/mol. The molecular formula is C16H22Cl2N2O. The highest BCUT2D eigenvalue weighted by atomic mass is 35.5. The number of fused-ring (bicyclic) bond motifs is 1. The summed E-state index contributed by atoms with van der Waals surface area (Å²) in [6, 6.07) is 4.03. The topological polar surface area (TPSA) is 24.5 Å². The van der Waals surface area contributed by atoms with Crippen LogP contribution in [0, 0.1) is 5.92 Å². The lowest BCUT2D eigenvalue weighted by atomic mass is 9.95. The lowest BCUT2D eigenvalue weighted by Crippen LogP contribution is -2.37. The summed E-state index contributed by atoms with van der Waals surface area (Å²) in [5.41, 5.74) is 1.10. The number of likely N-dealkylation sites (tertiary alicyclic amines) is 1. The van der Waals surface area contributed by atoms with E-state index in [0.717, 1.165) is 30.2 Å². The molecule has 5 heteroatoms. The number of piperidine rings is 1. The van der Waals surface area contributed by atoms with Crippen molar-refractivity contribution in [1.82, 2.24) is 10.2 Å². The van der Waals surface area contributed by atoms with Gasteiger partial charge in [-0.3, -0.25) is 0 Å². The third-order valence-electron chi connectivity index (χ3n) is 4.56. The van der Waals surface area contributed by atoms with Crippen LogP contribution in [0.3, 0.4) is 0 Å². The molecule has 0 spiro atoms. The molecule has 21 heavy (non-hydrogen) atoms. The first-order chi connectivity index (χ1) is 10.1. The first-order valence-electron chi connectivity index (χ1n) is 7.67. The standard InChI is InChI=1S/C16H22Cl2N2O/c1-20-5-2-11(3-6-20)10-19-15-4-7-21-16-13(15)8-12(17)9-14(16)18/h8-9,11,15,19H,2-7,10H2,1H3. The number of ether oxygens (including phenoxy) is 1. The van der Waals surface area contributed by atoms with Crippen molar-refractivity contribution in [3.05, 3.63) is 27.7 Å². The third kappa shape index (κ3) is 3.65. The van der Waals surface area contributed by atoms with Gasteiger partial charge in [-0.1, -0.05) is 23.2 Å². The average molecular weight is 329 g/mol. The Labute approximate surface area is 136 Å². The van der Waals surface area contributed by atoms with Crippen molar-refractivity contribution in [3.63, 3.8) is 0 Å². The van der Waals surface area contributed by atoms with E-state index in [1.54, 1.807) is 6.07 Å². The van der Waals surface area contributed by atoms with Crippen LogP contribution in [-0.2, 0) is 0 Å². The van der Waals surface area contributed by atoms with Crippen LogP contribution in [0.1, 0.15) is 30.9 Å². The highest BCUT2D eigenvalue weighted by Crippen LogP contribution is 2.40. The van der Waals surface area contributed by atoms with Gasteiger partial charge in [-0.05, 0) is 57.6 Å². The maximum Gasteiger partial charge on any atom is 0.142 e. The van der Waals surface area contributed by atoms with Gasteiger partial charge in [-0.2, -0.15) is 0 Å². The molecule has 116 valence electrons. The van der Waals surface area contributed by atoms with Gasteiger partial charge in [0.2, 0.25) is 0 Å². The second-order valence-corrected chi connectivity index (χ2v) is 6.99. The Morgan fingerprint density at radius 1 is 1.24 bits per heavy atom. The second kappa shape index (κ2) is 6.74. The van der Waals surface area contributed by atoms with Gasteiger partial charge < -0.3 is 15.0 Å². The molecular weight excluding hydrogens is 307 g/mol. The number of nitrogens with one attached hydrogen (secondary N) is 1. The first kappa shape index (κ1) is 15.4. The Morgan fingerprint density at radius 3 is 2.76 bits per heavy atom. The maximum atomic E-state index is 6.23. The summed E-state index contributed by atoms with van der Waals surface area (Å²) in [4.78, 5) is 2.40. The van der Waals surface area contributed by atoms with E-state index in [0.29, 0.717) is 22.7 Å². The molecule has 1 unspecified atom stereocenters. The zero-order chi connectivity index (χ0) is 14.8. The molecule has 1 atom stereocenters. The predicted octanol–water partition coefficient (Wildman–Crippen LogP) is 3.75. The molecule has 1 aromatic carbocycles. The van der Waals surface area contributed by atoms with Crippen LogP contribution in [-0.4, -0.2) is 38.2 Å². The van der Waals surface area contributed by atoms with Crippen LogP contribution in [0.25, 0.3) is 0 Å². The molecule has 2 aliphatic heterocycles. The van der Waals surface area contributed by atoms with Crippen molar-refractivity contribution in [3.8, 4) is 5.75 Å². The molecule has 0 amide bonds. The van der Waals surface area contributed by atoms with E-state index in [2.05, 4.69) is 17.3 Å². The highest BCUT2D eigenvalue weighted by molar-refractivity contribution is 6.35. The van der Waals surface area contributed by atoms with Crippen molar-refractivity contribution in [1.29, 1.82) is 0 Å². The Kier molecular flexibility index (Phi) is 4.95. The molecule has 1 aromatic rings. The van der Waals surface area contributed by atoms with Gasteiger partial charge in [0.05, 0.1) is 11.6 Å². The summed E-state index contributed by atoms with van der Waals surface area (Å²) in [5, 5.41) is 4.99. The van der Waals surface area contributed by atoms with Crippen LogP contribution >= 0.6 is 23.2 Å². The fraction of sp³-hybridized carbons (Fsp3) is 0.625. The minimum Gasteiger partial charge on any atom is -0.492 e. The normalized spacial score (nSPS) is 23.7. The maximum absolute atomic E-state index is 6.23. The monoisotopic (exact) mass is 328 g/mol. The fourth-order valence-corrected chi connectivity index (χ4v) is 3.78.